The molecule has 7 nitrogen and oxygen atoms in total. The first-order valence-corrected chi connectivity index (χ1v) is 9.41. The molecular weight excluding hydrogens is 368 g/mol. The molecule has 26 heavy (non-hydrogen) atoms. The van der Waals surface area contributed by atoms with E-state index in [0.717, 1.165) is 6.07 Å². The molecule has 1 amide bonds. The molecule has 1 saturated heterocycles. The minimum atomic E-state index is -2.33. The Kier molecular flexibility index (Phi) is 7.04. The Bertz CT molecular complexity index is 669. The van der Waals surface area contributed by atoms with E-state index in [1.165, 1.54) is 12.1 Å². The summed E-state index contributed by atoms with van der Waals surface area (Å²) in [6, 6.07) is 3.35. The molecule has 3 unspecified atom stereocenters. The van der Waals surface area contributed by atoms with Gasteiger partial charge in [0, 0.05) is 32.2 Å². The van der Waals surface area contributed by atoms with Crippen molar-refractivity contribution < 1.29 is 27.5 Å². The number of hydrogen-bond donors (Lipinski definition) is 3. The standard InChI is InChI=1S/C16H23F2N3O4S/c1-10(2)14(15(22)19-23)16(26(24)25)21-7-5-20(6-8-21)13-4-3-11(17)9-12(13)18/h3-4,9-10,14,16,23H,5-8H2,1-2H3,(H,19,22)(H,24,25). The molecule has 0 saturated carbocycles. The Hall–Kier alpha value is -1.62. The number of rotatable bonds is 6. The van der Waals surface area contributed by atoms with Crippen LogP contribution in [0.5, 0.6) is 0 Å². The molecule has 0 bridgehead atoms. The number of nitrogens with zero attached hydrogens (tertiary/aromatic N) is 2. The van der Waals surface area contributed by atoms with Crippen LogP contribution in [0.25, 0.3) is 0 Å². The summed E-state index contributed by atoms with van der Waals surface area (Å²) < 4.78 is 48.6. The van der Waals surface area contributed by atoms with Crippen LogP contribution in [0.3, 0.4) is 0 Å². The number of amides is 1. The summed E-state index contributed by atoms with van der Waals surface area (Å²) in [6.45, 7) is 4.78. The minimum absolute atomic E-state index is 0.265. The summed E-state index contributed by atoms with van der Waals surface area (Å²) in [5, 5.41) is 7.95. The van der Waals surface area contributed by atoms with Crippen LogP contribution in [0.2, 0.25) is 0 Å². The van der Waals surface area contributed by atoms with Gasteiger partial charge in [-0.15, -0.1) is 0 Å². The van der Waals surface area contributed by atoms with E-state index in [1.54, 1.807) is 29.1 Å². The molecule has 1 aliphatic heterocycles. The smallest absolute Gasteiger partial charge is 0.249 e. The molecule has 0 spiro atoms. The van der Waals surface area contributed by atoms with E-state index in [0.29, 0.717) is 26.2 Å². The van der Waals surface area contributed by atoms with Gasteiger partial charge < -0.3 is 9.45 Å². The van der Waals surface area contributed by atoms with E-state index in [9.17, 15) is 22.3 Å². The molecule has 1 aromatic rings. The Morgan fingerprint density at radius 2 is 1.85 bits per heavy atom. The first-order chi connectivity index (χ1) is 12.3. The minimum Gasteiger partial charge on any atom is -0.367 e. The summed E-state index contributed by atoms with van der Waals surface area (Å²) in [4.78, 5) is 15.4. The van der Waals surface area contributed by atoms with Crippen LogP contribution in [0.4, 0.5) is 14.5 Å². The molecule has 0 aromatic heterocycles. The number of carbonyl (C=O) groups excluding carboxylic acids is 1. The lowest BCUT2D eigenvalue weighted by Gasteiger charge is -2.41. The summed E-state index contributed by atoms with van der Waals surface area (Å²) in [7, 11) is 0. The van der Waals surface area contributed by atoms with Gasteiger partial charge in [-0.05, 0) is 18.1 Å². The maximum Gasteiger partial charge on any atom is 0.249 e. The number of carbonyl (C=O) groups is 1. The molecule has 1 fully saturated rings. The zero-order valence-electron chi connectivity index (χ0n) is 14.6. The lowest BCUT2D eigenvalue weighted by Crippen LogP contribution is -2.57. The van der Waals surface area contributed by atoms with Gasteiger partial charge in [-0.2, -0.15) is 0 Å². The average molecular weight is 391 g/mol. The molecule has 0 radical (unpaired) electrons. The average Bonchev–Trinajstić information content (AvgIpc) is 2.58. The summed E-state index contributed by atoms with van der Waals surface area (Å²) >= 11 is -2.33. The van der Waals surface area contributed by atoms with E-state index < -0.39 is 39.9 Å². The molecule has 2 rings (SSSR count). The number of piperazine rings is 1. The van der Waals surface area contributed by atoms with Gasteiger partial charge in [-0.25, -0.2) is 18.5 Å². The fourth-order valence-electron chi connectivity index (χ4n) is 3.27. The van der Waals surface area contributed by atoms with Crippen LogP contribution in [-0.2, 0) is 15.9 Å². The zero-order valence-corrected chi connectivity index (χ0v) is 15.4. The normalized spacial score (nSPS) is 19.3. The van der Waals surface area contributed by atoms with E-state index in [1.807, 2.05) is 0 Å². The van der Waals surface area contributed by atoms with Crippen molar-refractivity contribution in [2.24, 2.45) is 11.8 Å². The highest BCUT2D eigenvalue weighted by atomic mass is 32.2. The van der Waals surface area contributed by atoms with E-state index in [-0.39, 0.29) is 11.6 Å². The van der Waals surface area contributed by atoms with Gasteiger partial charge in [-0.3, -0.25) is 14.9 Å². The summed E-state index contributed by atoms with van der Waals surface area (Å²) in [5.74, 6) is -3.22. The van der Waals surface area contributed by atoms with Gasteiger partial charge >= 0.3 is 0 Å². The first kappa shape index (κ1) is 20.7. The molecule has 3 atom stereocenters. The largest absolute Gasteiger partial charge is 0.367 e. The number of hydroxylamine groups is 1. The Labute approximate surface area is 153 Å². The van der Waals surface area contributed by atoms with E-state index in [2.05, 4.69) is 0 Å². The third kappa shape index (κ3) is 4.56. The van der Waals surface area contributed by atoms with Gasteiger partial charge in [-0.1, -0.05) is 13.8 Å². The number of nitrogens with one attached hydrogen (secondary N) is 1. The van der Waals surface area contributed by atoms with Gasteiger partial charge in [0.25, 0.3) is 0 Å². The van der Waals surface area contributed by atoms with Crippen LogP contribution in [-0.4, -0.2) is 56.3 Å². The molecule has 10 heteroatoms. The SMILES string of the molecule is CC(C)C(C(=O)NO)C(N1CCN(c2ccc(F)cc2F)CC1)S(=O)O. The van der Waals surface area contributed by atoms with Crippen LogP contribution in [0, 0.1) is 23.5 Å². The van der Waals surface area contributed by atoms with Gasteiger partial charge in [0.05, 0.1) is 11.6 Å². The van der Waals surface area contributed by atoms with Crippen molar-refractivity contribution in [1.82, 2.24) is 10.4 Å². The summed E-state index contributed by atoms with van der Waals surface area (Å²) in [6.07, 6.45) is 0. The van der Waals surface area contributed by atoms with E-state index in [4.69, 9.17) is 5.21 Å². The van der Waals surface area contributed by atoms with Crippen molar-refractivity contribution in [2.45, 2.75) is 19.2 Å². The predicted octanol–water partition coefficient (Wildman–Crippen LogP) is 1.41. The Morgan fingerprint density at radius 3 is 2.31 bits per heavy atom. The van der Waals surface area contributed by atoms with Crippen molar-refractivity contribution >= 4 is 22.7 Å². The number of benzene rings is 1. The van der Waals surface area contributed by atoms with Crippen molar-refractivity contribution in [3.63, 3.8) is 0 Å². The van der Waals surface area contributed by atoms with Crippen molar-refractivity contribution in [2.75, 3.05) is 31.1 Å². The van der Waals surface area contributed by atoms with Gasteiger partial charge in [0.15, 0.2) is 11.1 Å². The second-order valence-electron chi connectivity index (χ2n) is 6.53. The zero-order chi connectivity index (χ0) is 19.4. The Balaban J connectivity index is 2.14. The molecule has 146 valence electrons. The third-order valence-corrected chi connectivity index (χ3v) is 5.57. The van der Waals surface area contributed by atoms with Crippen molar-refractivity contribution in [1.29, 1.82) is 0 Å². The topological polar surface area (TPSA) is 93.1 Å². The maximum absolute atomic E-state index is 13.9. The van der Waals surface area contributed by atoms with Crippen molar-refractivity contribution in [3.8, 4) is 0 Å². The van der Waals surface area contributed by atoms with E-state index >= 15 is 0 Å². The number of halogens is 2. The number of hydrogen-bond acceptors (Lipinski definition) is 5. The lowest BCUT2D eigenvalue weighted by molar-refractivity contribution is -0.136. The molecule has 1 aromatic carbocycles. The maximum atomic E-state index is 13.9. The third-order valence-electron chi connectivity index (χ3n) is 4.57. The van der Waals surface area contributed by atoms with Gasteiger partial charge in [0.1, 0.15) is 17.0 Å². The van der Waals surface area contributed by atoms with Crippen LogP contribution in [0.15, 0.2) is 18.2 Å². The Morgan fingerprint density at radius 1 is 1.23 bits per heavy atom. The second-order valence-corrected chi connectivity index (χ2v) is 7.57. The second kappa shape index (κ2) is 8.85. The molecule has 3 N–H and O–H groups in total. The lowest BCUT2D eigenvalue weighted by atomic mass is 9.93. The van der Waals surface area contributed by atoms with Gasteiger partial charge in [0.2, 0.25) is 5.91 Å². The highest BCUT2D eigenvalue weighted by Gasteiger charge is 2.40. The molecule has 0 aliphatic carbocycles. The first-order valence-electron chi connectivity index (χ1n) is 8.24. The van der Waals surface area contributed by atoms with Crippen LogP contribution < -0.4 is 10.4 Å². The molecule has 1 heterocycles. The number of anilines is 1. The fraction of sp³-hybridized carbons (Fsp3) is 0.562. The van der Waals surface area contributed by atoms with Crippen LogP contribution in [0.1, 0.15) is 13.8 Å². The fourth-order valence-corrected chi connectivity index (χ4v) is 4.43. The van der Waals surface area contributed by atoms with Crippen molar-refractivity contribution in [3.05, 3.63) is 29.8 Å². The quantitative estimate of drug-likeness (QED) is 0.386. The summed E-state index contributed by atoms with van der Waals surface area (Å²) in [5.41, 5.74) is 1.83. The van der Waals surface area contributed by atoms with Crippen LogP contribution >= 0.6 is 0 Å². The predicted molar refractivity (Wildman–Crippen MR) is 93.0 cm³/mol. The highest BCUT2D eigenvalue weighted by Crippen LogP contribution is 2.26. The molecular formula is C16H23F2N3O4S. The molecule has 1 aliphatic rings. The monoisotopic (exact) mass is 391 g/mol. The highest BCUT2D eigenvalue weighted by molar-refractivity contribution is 7.79.